The third-order valence-corrected chi connectivity index (χ3v) is 3.65. The number of carbonyl (C=O) groups is 1. The minimum absolute atomic E-state index is 0. The molecule has 18 heavy (non-hydrogen) atoms. The third kappa shape index (κ3) is 3.41. The summed E-state index contributed by atoms with van der Waals surface area (Å²) in [6.45, 7) is 3.81. The highest BCUT2D eigenvalue weighted by molar-refractivity contribution is 7.14. The highest BCUT2D eigenvalue weighted by Gasteiger charge is 2.23. The van der Waals surface area contributed by atoms with E-state index in [0.717, 1.165) is 11.3 Å². The van der Waals surface area contributed by atoms with Gasteiger partial charge in [0.2, 0.25) is 0 Å². The minimum atomic E-state index is -0.477. The summed E-state index contributed by atoms with van der Waals surface area (Å²) in [5, 5.41) is 10.7. The molecule has 1 amide bonds. The van der Waals surface area contributed by atoms with Gasteiger partial charge in [0.1, 0.15) is 0 Å². The second-order valence-corrected chi connectivity index (χ2v) is 5.07. The van der Waals surface area contributed by atoms with Gasteiger partial charge in [-0.2, -0.15) is 0 Å². The Kier molecular flexibility index (Phi) is 6.23. The van der Waals surface area contributed by atoms with Gasteiger partial charge in [-0.1, -0.05) is 0 Å². The Morgan fingerprint density at radius 3 is 2.61 bits per heavy atom. The number of halogens is 1. The van der Waals surface area contributed by atoms with E-state index in [-0.39, 0.29) is 30.0 Å². The van der Waals surface area contributed by atoms with Crippen LogP contribution in [0.15, 0.2) is 6.07 Å². The van der Waals surface area contributed by atoms with Crippen molar-refractivity contribution in [2.24, 2.45) is 5.73 Å². The average Bonchev–Trinajstić information content (AvgIpc) is 2.68. The molecule has 2 N–H and O–H groups in total. The maximum atomic E-state index is 12.0. The Balaban J connectivity index is 0.00000289. The first-order valence-electron chi connectivity index (χ1n) is 5.10. The van der Waals surface area contributed by atoms with Crippen molar-refractivity contribution >= 4 is 35.3 Å². The van der Waals surface area contributed by atoms with Crippen LogP contribution in [-0.4, -0.2) is 35.4 Å². The van der Waals surface area contributed by atoms with E-state index >= 15 is 0 Å². The molecule has 1 atom stereocenters. The third-order valence-electron chi connectivity index (χ3n) is 2.62. The molecule has 0 fully saturated rings. The number of nitrogens with two attached hydrogens (primary N) is 1. The molecule has 0 saturated carbocycles. The number of amides is 1. The molecule has 0 aliphatic carbocycles. The Labute approximate surface area is 115 Å². The lowest BCUT2D eigenvalue weighted by Gasteiger charge is -2.22. The summed E-state index contributed by atoms with van der Waals surface area (Å²) in [5.41, 5.74) is 5.47. The van der Waals surface area contributed by atoms with Gasteiger partial charge in [0, 0.05) is 25.7 Å². The molecule has 0 spiro atoms. The monoisotopic (exact) mass is 293 g/mol. The van der Waals surface area contributed by atoms with Crippen LogP contribution in [-0.2, 0) is 0 Å². The van der Waals surface area contributed by atoms with Crippen LogP contribution in [0.25, 0.3) is 0 Å². The molecule has 0 aliphatic heterocycles. The molecule has 102 valence electrons. The van der Waals surface area contributed by atoms with Crippen LogP contribution in [0.1, 0.15) is 21.5 Å². The van der Waals surface area contributed by atoms with Crippen molar-refractivity contribution in [3.8, 4) is 0 Å². The lowest BCUT2D eigenvalue weighted by atomic mass is 10.2. The first kappa shape index (κ1) is 16.8. The van der Waals surface area contributed by atoms with E-state index in [1.54, 1.807) is 14.0 Å². The van der Waals surface area contributed by atoms with Gasteiger partial charge in [0.15, 0.2) is 0 Å². The Hall–Kier alpha value is -1.18. The molecule has 0 saturated heterocycles. The summed E-state index contributed by atoms with van der Waals surface area (Å²) in [5.74, 6) is -0.232. The largest absolute Gasteiger partial charge is 0.337 e. The van der Waals surface area contributed by atoms with E-state index in [9.17, 15) is 14.9 Å². The van der Waals surface area contributed by atoms with Crippen LogP contribution >= 0.6 is 23.7 Å². The summed E-state index contributed by atoms with van der Waals surface area (Å²) >= 11 is 1.13. The van der Waals surface area contributed by atoms with Crippen LogP contribution < -0.4 is 5.73 Å². The highest BCUT2D eigenvalue weighted by Crippen LogP contribution is 2.28. The van der Waals surface area contributed by atoms with Gasteiger partial charge in [0.25, 0.3) is 11.6 Å². The van der Waals surface area contributed by atoms with Gasteiger partial charge in [-0.3, -0.25) is 14.9 Å². The van der Waals surface area contributed by atoms with Gasteiger partial charge >= 0.3 is 0 Å². The summed E-state index contributed by atoms with van der Waals surface area (Å²) in [4.78, 5) is 24.6. The zero-order valence-corrected chi connectivity index (χ0v) is 12.0. The summed E-state index contributed by atoms with van der Waals surface area (Å²) in [6, 6.07) is 1.23. The fourth-order valence-electron chi connectivity index (χ4n) is 1.29. The quantitative estimate of drug-likeness (QED) is 0.677. The Morgan fingerprint density at radius 2 is 2.22 bits per heavy atom. The number of carbonyl (C=O) groups excluding carboxylic acids is 1. The molecule has 1 heterocycles. The number of aryl methyl sites for hydroxylation is 1. The van der Waals surface area contributed by atoms with Crippen molar-refractivity contribution in [1.82, 2.24) is 4.90 Å². The number of thiophene rings is 1. The maximum absolute atomic E-state index is 12.0. The van der Waals surface area contributed by atoms with Gasteiger partial charge in [-0.25, -0.2) is 0 Å². The standard InChI is InChI=1S/C10H15N3O3S.ClH/c1-6(5-11)12(3)10(14)9-4-8(13(15)16)7(2)17-9;/h4,6H,5,11H2,1-3H3;1H. The van der Waals surface area contributed by atoms with E-state index in [1.165, 1.54) is 11.0 Å². The van der Waals surface area contributed by atoms with Crippen molar-refractivity contribution in [2.75, 3.05) is 13.6 Å². The van der Waals surface area contributed by atoms with Crippen LogP contribution in [0, 0.1) is 17.0 Å². The molecular weight excluding hydrogens is 278 g/mol. The molecule has 1 rings (SSSR count). The number of nitrogens with zero attached hydrogens (tertiary/aromatic N) is 2. The number of hydrogen-bond acceptors (Lipinski definition) is 5. The highest BCUT2D eigenvalue weighted by atomic mass is 35.5. The number of rotatable bonds is 4. The van der Waals surface area contributed by atoms with E-state index < -0.39 is 4.92 Å². The van der Waals surface area contributed by atoms with Crippen molar-refractivity contribution in [2.45, 2.75) is 19.9 Å². The Morgan fingerprint density at radius 1 is 1.67 bits per heavy atom. The van der Waals surface area contributed by atoms with Crippen molar-refractivity contribution < 1.29 is 9.72 Å². The van der Waals surface area contributed by atoms with Crippen molar-refractivity contribution in [3.63, 3.8) is 0 Å². The minimum Gasteiger partial charge on any atom is -0.337 e. The van der Waals surface area contributed by atoms with Crippen LogP contribution in [0.2, 0.25) is 0 Å². The predicted octanol–water partition coefficient (Wildman–Crippen LogP) is 1.81. The first-order valence-corrected chi connectivity index (χ1v) is 5.92. The molecule has 1 aromatic heterocycles. The summed E-state index contributed by atoms with van der Waals surface area (Å²) in [7, 11) is 1.64. The van der Waals surface area contributed by atoms with Crippen LogP contribution in [0.3, 0.4) is 0 Å². The van der Waals surface area contributed by atoms with Crippen molar-refractivity contribution in [1.29, 1.82) is 0 Å². The van der Waals surface area contributed by atoms with Gasteiger partial charge in [-0.15, -0.1) is 23.7 Å². The molecule has 6 nitrogen and oxygen atoms in total. The number of hydrogen-bond donors (Lipinski definition) is 1. The molecule has 8 heteroatoms. The smallest absolute Gasteiger partial charge is 0.283 e. The lowest BCUT2D eigenvalue weighted by molar-refractivity contribution is -0.385. The van der Waals surface area contributed by atoms with Crippen molar-refractivity contribution in [3.05, 3.63) is 25.9 Å². The summed E-state index contributed by atoms with van der Waals surface area (Å²) in [6.07, 6.45) is 0. The molecule has 1 aromatic rings. The molecule has 0 radical (unpaired) electrons. The lowest BCUT2D eigenvalue weighted by Crippen LogP contribution is -2.39. The van der Waals surface area contributed by atoms with E-state index in [0.29, 0.717) is 16.3 Å². The molecular formula is C10H16ClN3O3S. The second-order valence-electron chi connectivity index (χ2n) is 3.81. The predicted molar refractivity (Wildman–Crippen MR) is 73.6 cm³/mol. The van der Waals surface area contributed by atoms with E-state index in [1.807, 2.05) is 6.92 Å². The van der Waals surface area contributed by atoms with E-state index in [2.05, 4.69) is 0 Å². The zero-order chi connectivity index (χ0) is 13.2. The average molecular weight is 294 g/mol. The summed E-state index contributed by atoms with van der Waals surface area (Å²) < 4.78 is 0. The Bertz CT molecular complexity index is 450. The molecule has 0 aromatic carbocycles. The van der Waals surface area contributed by atoms with Gasteiger partial charge < -0.3 is 10.6 Å². The molecule has 0 bridgehead atoms. The fourth-order valence-corrected chi connectivity index (χ4v) is 2.26. The normalized spacial score (nSPS) is 11.6. The van der Waals surface area contributed by atoms with Gasteiger partial charge in [0.05, 0.1) is 14.7 Å². The number of likely N-dealkylation sites (N-methyl/N-ethyl adjacent to an activating group) is 1. The SMILES string of the molecule is Cc1sc(C(=O)N(C)C(C)CN)cc1[N+](=O)[O-].Cl. The number of nitro groups is 1. The molecule has 1 unspecified atom stereocenters. The fraction of sp³-hybridized carbons (Fsp3) is 0.500. The molecule has 0 aliphatic rings. The van der Waals surface area contributed by atoms with Crippen LogP contribution in [0.4, 0.5) is 5.69 Å². The topological polar surface area (TPSA) is 89.5 Å². The van der Waals surface area contributed by atoms with Gasteiger partial charge in [-0.05, 0) is 13.8 Å². The first-order chi connectivity index (χ1) is 7.88. The second kappa shape index (κ2) is 6.67. The maximum Gasteiger partial charge on any atom is 0.283 e. The van der Waals surface area contributed by atoms with Crippen LogP contribution in [0.5, 0.6) is 0 Å². The zero-order valence-electron chi connectivity index (χ0n) is 10.4. The van der Waals surface area contributed by atoms with E-state index in [4.69, 9.17) is 5.73 Å².